The number of aryl methyl sites for hydroxylation is 2. The van der Waals surface area contributed by atoms with Crippen LogP contribution >= 0.6 is 0 Å². The molecule has 18 heavy (non-hydrogen) atoms. The molecular formula is C13H15N3O2. The van der Waals surface area contributed by atoms with Gasteiger partial charge in [0.15, 0.2) is 0 Å². The van der Waals surface area contributed by atoms with Crippen molar-refractivity contribution in [2.24, 2.45) is 0 Å². The van der Waals surface area contributed by atoms with Gasteiger partial charge in [-0.15, -0.1) is 0 Å². The molecule has 0 radical (unpaired) electrons. The molecule has 5 heteroatoms. The number of benzene rings is 1. The molecule has 0 aliphatic carbocycles. The van der Waals surface area contributed by atoms with Crippen molar-refractivity contribution in [2.45, 2.75) is 20.3 Å². The standard InChI is InChI=1S/C13H15N3O2/c1-8-12(9(2)18-16-8)7-13(17)15-11-5-3-4-10(14)6-11/h3-6H,7,14H2,1-2H3,(H,15,17). The summed E-state index contributed by atoms with van der Waals surface area (Å²) in [5.74, 6) is 0.560. The lowest BCUT2D eigenvalue weighted by Gasteiger charge is -2.05. The first kappa shape index (κ1) is 12.2. The van der Waals surface area contributed by atoms with Gasteiger partial charge in [0.2, 0.25) is 5.91 Å². The van der Waals surface area contributed by atoms with Gasteiger partial charge in [-0.05, 0) is 32.0 Å². The summed E-state index contributed by atoms with van der Waals surface area (Å²) < 4.78 is 5.02. The van der Waals surface area contributed by atoms with E-state index in [4.69, 9.17) is 10.3 Å². The number of carbonyl (C=O) groups excluding carboxylic acids is 1. The Morgan fingerprint density at radius 1 is 1.44 bits per heavy atom. The Kier molecular flexibility index (Phi) is 3.32. The number of carbonyl (C=O) groups is 1. The molecule has 94 valence electrons. The summed E-state index contributed by atoms with van der Waals surface area (Å²) in [7, 11) is 0. The van der Waals surface area contributed by atoms with E-state index < -0.39 is 0 Å². The van der Waals surface area contributed by atoms with Gasteiger partial charge in [-0.25, -0.2) is 0 Å². The fraction of sp³-hybridized carbons (Fsp3) is 0.231. The molecule has 2 aromatic rings. The van der Waals surface area contributed by atoms with Crippen LogP contribution in [0.25, 0.3) is 0 Å². The minimum absolute atomic E-state index is 0.116. The van der Waals surface area contributed by atoms with Crippen LogP contribution in [-0.2, 0) is 11.2 Å². The first-order valence-electron chi connectivity index (χ1n) is 5.63. The Bertz CT molecular complexity index is 556. The van der Waals surface area contributed by atoms with E-state index in [9.17, 15) is 4.79 Å². The SMILES string of the molecule is Cc1noc(C)c1CC(=O)Nc1cccc(N)c1. The Balaban J connectivity index is 2.06. The number of nitrogens with two attached hydrogens (primary N) is 1. The molecule has 1 amide bonds. The minimum Gasteiger partial charge on any atom is -0.399 e. The largest absolute Gasteiger partial charge is 0.399 e. The molecule has 0 atom stereocenters. The Morgan fingerprint density at radius 3 is 2.83 bits per heavy atom. The average molecular weight is 245 g/mol. The van der Waals surface area contributed by atoms with E-state index in [0.717, 1.165) is 11.3 Å². The Labute approximate surface area is 105 Å². The summed E-state index contributed by atoms with van der Waals surface area (Å²) in [6.45, 7) is 3.61. The van der Waals surface area contributed by atoms with Gasteiger partial charge in [-0.3, -0.25) is 4.79 Å². The quantitative estimate of drug-likeness (QED) is 0.811. The number of nitrogens with zero attached hydrogens (tertiary/aromatic N) is 1. The van der Waals surface area contributed by atoms with Gasteiger partial charge < -0.3 is 15.6 Å². The van der Waals surface area contributed by atoms with Crippen LogP contribution < -0.4 is 11.1 Å². The maximum absolute atomic E-state index is 11.9. The summed E-state index contributed by atoms with van der Waals surface area (Å²) in [5, 5.41) is 6.60. The summed E-state index contributed by atoms with van der Waals surface area (Å²) in [6.07, 6.45) is 0.246. The molecule has 0 bridgehead atoms. The third-order valence-electron chi connectivity index (χ3n) is 2.69. The fourth-order valence-electron chi connectivity index (χ4n) is 1.74. The normalized spacial score (nSPS) is 10.3. The summed E-state index contributed by atoms with van der Waals surface area (Å²) in [6, 6.07) is 7.07. The second-order valence-corrected chi connectivity index (χ2v) is 4.15. The molecule has 2 rings (SSSR count). The molecule has 3 N–H and O–H groups in total. The van der Waals surface area contributed by atoms with Crippen molar-refractivity contribution in [1.82, 2.24) is 5.16 Å². The second-order valence-electron chi connectivity index (χ2n) is 4.15. The number of nitrogen functional groups attached to an aromatic ring is 1. The highest BCUT2D eigenvalue weighted by molar-refractivity contribution is 5.92. The molecule has 1 aromatic carbocycles. The van der Waals surface area contributed by atoms with E-state index in [1.807, 2.05) is 6.92 Å². The highest BCUT2D eigenvalue weighted by Crippen LogP contribution is 2.15. The van der Waals surface area contributed by atoms with Crippen LogP contribution in [0, 0.1) is 13.8 Å². The van der Waals surface area contributed by atoms with Crippen molar-refractivity contribution in [3.8, 4) is 0 Å². The Hall–Kier alpha value is -2.30. The lowest BCUT2D eigenvalue weighted by atomic mass is 10.1. The van der Waals surface area contributed by atoms with Gasteiger partial charge in [0.1, 0.15) is 5.76 Å². The van der Waals surface area contributed by atoms with E-state index in [-0.39, 0.29) is 12.3 Å². The van der Waals surface area contributed by atoms with Crippen LogP contribution in [0.5, 0.6) is 0 Å². The smallest absolute Gasteiger partial charge is 0.229 e. The van der Waals surface area contributed by atoms with Crippen molar-refractivity contribution >= 4 is 17.3 Å². The van der Waals surface area contributed by atoms with Crippen LogP contribution in [0.4, 0.5) is 11.4 Å². The summed E-state index contributed by atoms with van der Waals surface area (Å²) >= 11 is 0. The van der Waals surface area contributed by atoms with Gasteiger partial charge in [0.25, 0.3) is 0 Å². The van der Waals surface area contributed by atoms with E-state index >= 15 is 0 Å². The number of hydrogen-bond donors (Lipinski definition) is 2. The van der Waals surface area contributed by atoms with E-state index in [0.29, 0.717) is 17.1 Å². The second kappa shape index (κ2) is 4.91. The van der Waals surface area contributed by atoms with Crippen LogP contribution in [0.15, 0.2) is 28.8 Å². The fourth-order valence-corrected chi connectivity index (χ4v) is 1.74. The van der Waals surface area contributed by atoms with Gasteiger partial charge >= 0.3 is 0 Å². The van der Waals surface area contributed by atoms with Crippen molar-refractivity contribution in [3.63, 3.8) is 0 Å². The number of hydrogen-bond acceptors (Lipinski definition) is 4. The minimum atomic E-state index is -0.116. The van der Waals surface area contributed by atoms with Crippen LogP contribution in [-0.4, -0.2) is 11.1 Å². The Morgan fingerprint density at radius 2 is 2.22 bits per heavy atom. The van der Waals surface area contributed by atoms with Crippen LogP contribution in [0.2, 0.25) is 0 Å². The summed E-state index contributed by atoms with van der Waals surface area (Å²) in [4.78, 5) is 11.9. The van der Waals surface area contributed by atoms with E-state index in [1.165, 1.54) is 0 Å². The van der Waals surface area contributed by atoms with E-state index in [2.05, 4.69) is 10.5 Å². The maximum Gasteiger partial charge on any atom is 0.229 e. The third-order valence-corrected chi connectivity index (χ3v) is 2.69. The molecule has 5 nitrogen and oxygen atoms in total. The highest BCUT2D eigenvalue weighted by Gasteiger charge is 2.13. The third kappa shape index (κ3) is 2.68. The van der Waals surface area contributed by atoms with Gasteiger partial charge in [0.05, 0.1) is 12.1 Å². The first-order valence-corrected chi connectivity index (χ1v) is 5.63. The number of amides is 1. The molecule has 1 aromatic heterocycles. The molecule has 0 spiro atoms. The zero-order valence-corrected chi connectivity index (χ0v) is 10.4. The van der Waals surface area contributed by atoms with Crippen LogP contribution in [0.3, 0.4) is 0 Å². The van der Waals surface area contributed by atoms with Crippen molar-refractivity contribution < 1.29 is 9.32 Å². The number of anilines is 2. The lowest BCUT2D eigenvalue weighted by molar-refractivity contribution is -0.115. The highest BCUT2D eigenvalue weighted by atomic mass is 16.5. The molecule has 0 fully saturated rings. The topological polar surface area (TPSA) is 81.2 Å². The van der Waals surface area contributed by atoms with Crippen molar-refractivity contribution in [2.75, 3.05) is 11.1 Å². The van der Waals surface area contributed by atoms with E-state index in [1.54, 1.807) is 31.2 Å². The summed E-state index contributed by atoms with van der Waals surface area (Å²) in [5.41, 5.74) is 8.52. The molecular weight excluding hydrogens is 230 g/mol. The number of rotatable bonds is 3. The van der Waals surface area contributed by atoms with Crippen molar-refractivity contribution in [3.05, 3.63) is 41.3 Å². The van der Waals surface area contributed by atoms with Gasteiger partial charge in [-0.2, -0.15) is 0 Å². The van der Waals surface area contributed by atoms with Gasteiger partial charge in [-0.1, -0.05) is 11.2 Å². The number of aromatic nitrogens is 1. The molecule has 1 heterocycles. The monoisotopic (exact) mass is 245 g/mol. The predicted octanol–water partition coefficient (Wildman–Crippen LogP) is 2.05. The number of nitrogens with one attached hydrogen (secondary N) is 1. The van der Waals surface area contributed by atoms with Crippen LogP contribution in [0.1, 0.15) is 17.0 Å². The lowest BCUT2D eigenvalue weighted by Crippen LogP contribution is -2.15. The zero-order valence-electron chi connectivity index (χ0n) is 10.4. The average Bonchev–Trinajstić information content (AvgIpc) is 2.61. The first-order chi connectivity index (χ1) is 8.56. The maximum atomic E-state index is 11.9. The predicted molar refractivity (Wildman–Crippen MR) is 69.2 cm³/mol. The molecule has 0 saturated heterocycles. The molecule has 0 saturated carbocycles. The zero-order chi connectivity index (χ0) is 13.1. The van der Waals surface area contributed by atoms with Gasteiger partial charge in [0, 0.05) is 16.9 Å². The molecule has 0 unspecified atom stereocenters. The molecule has 0 aliphatic rings. The van der Waals surface area contributed by atoms with Crippen molar-refractivity contribution in [1.29, 1.82) is 0 Å². The molecule has 0 aliphatic heterocycles.